The van der Waals surface area contributed by atoms with Gasteiger partial charge in [0.25, 0.3) is 0 Å². The van der Waals surface area contributed by atoms with Gasteiger partial charge in [-0.05, 0) is 5.92 Å². The minimum absolute atomic E-state index is 0.223. The molecule has 0 rings (SSSR count). The number of unbranched alkanes of at least 4 members (excludes halogenated alkanes) is 11. The molecular formula is C21H38O5Ti. The maximum absolute atomic E-state index is 11.5. The average Bonchev–Trinajstić information content (AvgIpc) is 2.61. The van der Waals surface area contributed by atoms with E-state index in [1.807, 2.05) is 0 Å². The van der Waals surface area contributed by atoms with Crippen molar-refractivity contribution in [3.05, 3.63) is 12.7 Å². The first-order valence-electron chi connectivity index (χ1n) is 10.5. The molecule has 0 bridgehead atoms. The Morgan fingerprint density at radius 3 is 1.70 bits per heavy atom. The molecule has 0 spiro atoms. The van der Waals surface area contributed by atoms with Crippen LogP contribution in [0.5, 0.6) is 0 Å². The average molecular weight is 418 g/mol. The van der Waals surface area contributed by atoms with Gasteiger partial charge >= 0.3 is 127 Å². The molecular weight excluding hydrogens is 380 g/mol. The molecule has 0 radical (unpaired) electrons. The molecule has 6 heteroatoms. The Morgan fingerprint density at radius 2 is 1.26 bits per heavy atom. The van der Waals surface area contributed by atoms with E-state index in [1.165, 1.54) is 64.2 Å². The second kappa shape index (κ2) is 18.6. The summed E-state index contributed by atoms with van der Waals surface area (Å²) in [6.45, 7) is 7.77. The van der Waals surface area contributed by atoms with E-state index in [9.17, 15) is 12.9 Å². The second-order valence-corrected chi connectivity index (χ2v) is 8.94. The van der Waals surface area contributed by atoms with E-state index in [4.69, 9.17) is 0 Å². The van der Waals surface area contributed by atoms with E-state index in [-0.39, 0.29) is 6.42 Å². The fraction of sp³-hybridized carbons (Fsp3) is 0.810. The number of hydrogen-bond acceptors (Lipinski definition) is 5. The molecule has 0 aromatic rings. The van der Waals surface area contributed by atoms with E-state index in [1.54, 1.807) is 0 Å². The van der Waals surface area contributed by atoms with Crippen molar-refractivity contribution in [1.82, 2.24) is 0 Å². The molecule has 0 saturated carbocycles. The zero-order valence-corrected chi connectivity index (χ0v) is 18.9. The summed E-state index contributed by atoms with van der Waals surface area (Å²) in [5.74, 6) is -0.535. The minimum atomic E-state index is -3.72. The van der Waals surface area contributed by atoms with Gasteiger partial charge in [-0.1, -0.05) is 39.5 Å². The Morgan fingerprint density at radius 1 is 0.815 bits per heavy atom. The van der Waals surface area contributed by atoms with Gasteiger partial charge in [0.2, 0.25) is 0 Å². The molecule has 0 saturated heterocycles. The van der Waals surface area contributed by atoms with Crippen LogP contribution in [0.1, 0.15) is 104 Å². The fourth-order valence-electron chi connectivity index (χ4n) is 2.88. The van der Waals surface area contributed by atoms with Crippen molar-refractivity contribution in [2.45, 2.75) is 104 Å². The van der Waals surface area contributed by atoms with Gasteiger partial charge in [-0.25, -0.2) is 0 Å². The van der Waals surface area contributed by atoms with Crippen LogP contribution in [0.2, 0.25) is 0 Å². The van der Waals surface area contributed by atoms with Crippen LogP contribution >= 0.6 is 0 Å². The molecule has 0 aromatic heterocycles. The number of rotatable bonds is 18. The van der Waals surface area contributed by atoms with Crippen molar-refractivity contribution in [3.63, 3.8) is 0 Å². The van der Waals surface area contributed by atoms with Gasteiger partial charge in [0.05, 0.1) is 0 Å². The molecule has 0 heterocycles. The van der Waals surface area contributed by atoms with Gasteiger partial charge in [-0.15, -0.1) is 0 Å². The summed E-state index contributed by atoms with van der Waals surface area (Å²) in [5.41, 5.74) is 0. The SMILES string of the molecule is C=CC(=O)[O][Ti](=[O])[O]C(=O)CCCCCCCCCCCCCCC(C)C. The van der Waals surface area contributed by atoms with E-state index < -0.39 is 30.6 Å². The van der Waals surface area contributed by atoms with E-state index in [0.717, 1.165) is 31.3 Å². The molecule has 0 fully saturated rings. The molecule has 0 aliphatic rings. The van der Waals surface area contributed by atoms with Gasteiger partial charge < -0.3 is 0 Å². The maximum atomic E-state index is 11.5. The summed E-state index contributed by atoms with van der Waals surface area (Å²) in [6, 6.07) is 0. The third-order valence-corrected chi connectivity index (χ3v) is 5.65. The van der Waals surface area contributed by atoms with E-state index in [0.29, 0.717) is 0 Å². The molecule has 0 amide bonds. The van der Waals surface area contributed by atoms with Gasteiger partial charge in [0.1, 0.15) is 0 Å². The Balaban J connectivity index is 3.31. The zero-order chi connectivity index (χ0) is 20.3. The minimum Gasteiger partial charge on any atom is -0.0628 e. The molecule has 27 heavy (non-hydrogen) atoms. The Kier molecular flexibility index (Phi) is 18.0. The topological polar surface area (TPSA) is 69.7 Å². The molecule has 0 aliphatic carbocycles. The van der Waals surface area contributed by atoms with E-state index >= 15 is 0 Å². The number of carbonyl (C=O) groups is 2. The van der Waals surface area contributed by atoms with Gasteiger partial charge in [-0.2, -0.15) is 0 Å². The normalized spacial score (nSPS) is 10.6. The van der Waals surface area contributed by atoms with Crippen LogP contribution < -0.4 is 0 Å². The standard InChI is InChI=1S/C18H36O2.C3H4O2.O.Ti/c1-17(2)15-13-11-9-7-5-3-4-6-8-10-12-14-16-18(19)20;1-2-3(4)5;;/h17H,3-16H2,1-2H3,(H,19,20);2H,1H2,(H,4,5);;/q;;;+2/p-2. The smallest absolute Gasteiger partial charge is 0.0628 e. The fourth-order valence-corrected chi connectivity index (χ4v) is 3.78. The summed E-state index contributed by atoms with van der Waals surface area (Å²) >= 11 is -3.72. The predicted octanol–water partition coefficient (Wildman–Crippen LogP) is 6.17. The number of hydrogen-bond donors (Lipinski definition) is 0. The quantitative estimate of drug-likeness (QED) is 0.151. The Hall–Kier alpha value is -0.806. The molecule has 0 atom stereocenters. The van der Waals surface area contributed by atoms with Crippen LogP contribution in [0, 0.1) is 5.92 Å². The van der Waals surface area contributed by atoms with Crippen molar-refractivity contribution in [2.75, 3.05) is 0 Å². The third kappa shape index (κ3) is 19.8. The summed E-state index contributed by atoms with van der Waals surface area (Å²) in [6.07, 6.45) is 17.2. The van der Waals surface area contributed by atoms with Crippen LogP contribution in [0.3, 0.4) is 0 Å². The van der Waals surface area contributed by atoms with Crippen molar-refractivity contribution in [3.8, 4) is 0 Å². The van der Waals surface area contributed by atoms with Crippen LogP contribution in [-0.2, 0) is 38.2 Å². The molecule has 0 unspecified atom stereocenters. The van der Waals surface area contributed by atoms with Gasteiger partial charge in [-0.3, -0.25) is 0 Å². The summed E-state index contributed by atoms with van der Waals surface area (Å²) in [4.78, 5) is 22.3. The van der Waals surface area contributed by atoms with Crippen LogP contribution in [0.15, 0.2) is 12.7 Å². The first kappa shape index (κ1) is 26.2. The molecule has 0 N–H and O–H groups in total. The monoisotopic (exact) mass is 418 g/mol. The van der Waals surface area contributed by atoms with Crippen molar-refractivity contribution >= 4 is 11.9 Å². The summed E-state index contributed by atoms with van der Waals surface area (Å²) < 4.78 is 20.3. The molecule has 5 nitrogen and oxygen atoms in total. The third-order valence-electron chi connectivity index (χ3n) is 4.46. The Bertz CT molecular complexity index is 434. The predicted molar refractivity (Wildman–Crippen MR) is 103 cm³/mol. The van der Waals surface area contributed by atoms with Crippen LogP contribution in [0.25, 0.3) is 0 Å². The van der Waals surface area contributed by atoms with Crippen molar-refractivity contribution in [1.29, 1.82) is 0 Å². The van der Waals surface area contributed by atoms with Crippen LogP contribution in [0.4, 0.5) is 0 Å². The van der Waals surface area contributed by atoms with Crippen molar-refractivity contribution < 1.29 is 38.2 Å². The summed E-state index contributed by atoms with van der Waals surface area (Å²) in [5, 5.41) is 0. The second-order valence-electron chi connectivity index (χ2n) is 7.52. The van der Waals surface area contributed by atoms with E-state index in [2.05, 4.69) is 27.1 Å². The summed E-state index contributed by atoms with van der Waals surface area (Å²) in [7, 11) is 0. The molecule has 156 valence electrons. The molecule has 0 aromatic carbocycles. The van der Waals surface area contributed by atoms with Gasteiger partial charge in [0.15, 0.2) is 0 Å². The zero-order valence-electron chi connectivity index (χ0n) is 17.3. The van der Waals surface area contributed by atoms with Crippen molar-refractivity contribution in [2.24, 2.45) is 5.92 Å². The molecule has 0 aliphatic heterocycles. The first-order chi connectivity index (χ1) is 13.0. The Labute approximate surface area is 172 Å². The first-order valence-corrected chi connectivity index (χ1v) is 12.5. The van der Waals surface area contributed by atoms with Crippen LogP contribution in [-0.4, -0.2) is 11.9 Å². The number of carbonyl (C=O) groups excluding carboxylic acids is 2. The van der Waals surface area contributed by atoms with Gasteiger partial charge in [0, 0.05) is 0 Å².